The zero-order valence-corrected chi connectivity index (χ0v) is 18.1. The normalized spacial score (nSPS) is 13.5. The maximum atomic E-state index is 12.5. The van der Waals surface area contributed by atoms with E-state index in [4.69, 9.17) is 21.7 Å². The number of amides is 1. The van der Waals surface area contributed by atoms with Crippen molar-refractivity contribution in [2.75, 3.05) is 43.6 Å². The molecule has 1 amide bonds. The standard InChI is InChI=1S/C20H20BrN3O4S/c1-27-19(26)13-6-7-17(24-8-10-28-11-9-24)16(12-13)22-20(29)23-18(25)14-4-2-3-5-15(14)21/h2-7,12H,8-11H2,1H3,(H2,22,23,25,29). The largest absolute Gasteiger partial charge is 0.465 e. The number of nitrogens with one attached hydrogen (secondary N) is 2. The summed E-state index contributed by atoms with van der Waals surface area (Å²) in [5, 5.41) is 5.84. The second-order valence-electron chi connectivity index (χ2n) is 6.21. The van der Waals surface area contributed by atoms with Crippen LogP contribution in [-0.4, -0.2) is 50.4 Å². The Morgan fingerprint density at radius 3 is 2.59 bits per heavy atom. The molecule has 0 bridgehead atoms. The molecule has 9 heteroatoms. The Kier molecular flexibility index (Phi) is 7.18. The summed E-state index contributed by atoms with van der Waals surface area (Å²) in [6.07, 6.45) is 0. The van der Waals surface area contributed by atoms with Crippen molar-refractivity contribution in [3.05, 3.63) is 58.1 Å². The van der Waals surface area contributed by atoms with Gasteiger partial charge in [0.2, 0.25) is 0 Å². The predicted molar refractivity (Wildman–Crippen MR) is 119 cm³/mol. The maximum Gasteiger partial charge on any atom is 0.337 e. The number of thiocarbonyl (C=S) groups is 1. The number of hydrogen-bond donors (Lipinski definition) is 2. The first-order valence-electron chi connectivity index (χ1n) is 8.91. The van der Waals surface area contributed by atoms with Gasteiger partial charge in [0.05, 0.1) is 42.8 Å². The van der Waals surface area contributed by atoms with Crippen LogP contribution in [0.15, 0.2) is 46.9 Å². The van der Waals surface area contributed by atoms with Gasteiger partial charge in [-0.05, 0) is 58.5 Å². The van der Waals surface area contributed by atoms with Gasteiger partial charge >= 0.3 is 5.97 Å². The minimum atomic E-state index is -0.454. The third kappa shape index (κ3) is 5.31. The third-order valence-corrected chi connectivity index (χ3v) is 5.26. The zero-order valence-electron chi connectivity index (χ0n) is 15.7. The Morgan fingerprint density at radius 2 is 1.90 bits per heavy atom. The topological polar surface area (TPSA) is 79.9 Å². The van der Waals surface area contributed by atoms with Gasteiger partial charge in [0, 0.05) is 17.6 Å². The number of esters is 1. The molecular formula is C20H20BrN3O4S. The SMILES string of the molecule is COC(=O)c1ccc(N2CCOCC2)c(NC(=S)NC(=O)c2ccccc2Br)c1. The molecule has 1 aliphatic rings. The Morgan fingerprint density at radius 1 is 1.17 bits per heavy atom. The maximum absolute atomic E-state index is 12.5. The van der Waals surface area contributed by atoms with Crippen LogP contribution in [0.3, 0.4) is 0 Å². The number of halogens is 1. The number of anilines is 2. The van der Waals surface area contributed by atoms with Gasteiger partial charge in [-0.25, -0.2) is 4.79 Å². The van der Waals surface area contributed by atoms with Crippen LogP contribution in [0.5, 0.6) is 0 Å². The molecule has 0 atom stereocenters. The van der Waals surface area contributed by atoms with E-state index in [1.54, 1.807) is 30.3 Å². The Balaban J connectivity index is 1.81. The van der Waals surface area contributed by atoms with Gasteiger partial charge in [0.25, 0.3) is 5.91 Å². The molecular weight excluding hydrogens is 458 g/mol. The number of benzene rings is 2. The molecule has 29 heavy (non-hydrogen) atoms. The summed E-state index contributed by atoms with van der Waals surface area (Å²) in [4.78, 5) is 26.6. The van der Waals surface area contributed by atoms with Gasteiger partial charge in [-0.3, -0.25) is 10.1 Å². The molecule has 2 aromatic carbocycles. The summed E-state index contributed by atoms with van der Waals surface area (Å²) in [6, 6.07) is 12.3. The molecule has 0 radical (unpaired) electrons. The van der Waals surface area contributed by atoms with Crippen LogP contribution in [0.1, 0.15) is 20.7 Å². The van der Waals surface area contributed by atoms with Crippen LogP contribution in [-0.2, 0) is 9.47 Å². The van der Waals surface area contributed by atoms with Crippen molar-refractivity contribution < 1.29 is 19.1 Å². The number of carbonyl (C=O) groups excluding carboxylic acids is 2. The summed E-state index contributed by atoms with van der Waals surface area (Å²) >= 11 is 8.69. The quantitative estimate of drug-likeness (QED) is 0.516. The average molecular weight is 478 g/mol. The monoisotopic (exact) mass is 477 g/mol. The molecule has 0 aliphatic carbocycles. The van der Waals surface area contributed by atoms with E-state index in [-0.39, 0.29) is 11.0 Å². The molecule has 0 saturated carbocycles. The van der Waals surface area contributed by atoms with Crippen molar-refractivity contribution in [3.63, 3.8) is 0 Å². The van der Waals surface area contributed by atoms with Crippen molar-refractivity contribution in [1.29, 1.82) is 0 Å². The van der Waals surface area contributed by atoms with Crippen molar-refractivity contribution in [3.8, 4) is 0 Å². The molecule has 1 aliphatic heterocycles. The van der Waals surface area contributed by atoms with Crippen molar-refractivity contribution >= 4 is 56.5 Å². The summed E-state index contributed by atoms with van der Waals surface area (Å²) in [7, 11) is 1.33. The number of morpholine rings is 1. The molecule has 3 rings (SSSR count). The van der Waals surface area contributed by atoms with Crippen LogP contribution in [0, 0.1) is 0 Å². The molecule has 0 unspecified atom stereocenters. The van der Waals surface area contributed by atoms with E-state index < -0.39 is 5.97 Å². The number of ether oxygens (including phenoxy) is 2. The van der Waals surface area contributed by atoms with E-state index in [1.807, 2.05) is 12.1 Å². The summed E-state index contributed by atoms with van der Waals surface area (Å²) in [6.45, 7) is 2.65. The van der Waals surface area contributed by atoms with Crippen molar-refractivity contribution in [1.82, 2.24) is 5.32 Å². The molecule has 2 aromatic rings. The minimum absolute atomic E-state index is 0.127. The fraction of sp³-hybridized carbons (Fsp3) is 0.250. The highest BCUT2D eigenvalue weighted by molar-refractivity contribution is 9.10. The number of methoxy groups -OCH3 is 1. The fourth-order valence-corrected chi connectivity index (χ4v) is 3.60. The van der Waals surface area contributed by atoms with Crippen LogP contribution in [0.25, 0.3) is 0 Å². The van der Waals surface area contributed by atoms with E-state index in [1.165, 1.54) is 7.11 Å². The lowest BCUT2D eigenvalue weighted by molar-refractivity contribution is 0.0600. The number of nitrogens with zero attached hydrogens (tertiary/aromatic N) is 1. The third-order valence-electron chi connectivity index (χ3n) is 4.36. The first-order chi connectivity index (χ1) is 14.0. The molecule has 1 fully saturated rings. The van der Waals surface area contributed by atoms with E-state index in [0.717, 1.165) is 5.69 Å². The van der Waals surface area contributed by atoms with Gasteiger partial charge in [-0.2, -0.15) is 0 Å². The summed E-state index contributed by atoms with van der Waals surface area (Å²) in [5.41, 5.74) is 2.31. The predicted octanol–water partition coefficient (Wildman–Crippen LogP) is 3.20. The van der Waals surface area contributed by atoms with Crippen molar-refractivity contribution in [2.24, 2.45) is 0 Å². The van der Waals surface area contributed by atoms with Gasteiger partial charge < -0.3 is 19.7 Å². The second-order valence-corrected chi connectivity index (χ2v) is 7.47. The molecule has 152 valence electrons. The van der Waals surface area contributed by atoms with Crippen LogP contribution >= 0.6 is 28.1 Å². The van der Waals surface area contributed by atoms with Crippen LogP contribution in [0.2, 0.25) is 0 Å². The molecule has 7 nitrogen and oxygen atoms in total. The van der Waals surface area contributed by atoms with E-state index in [9.17, 15) is 9.59 Å². The molecule has 0 aromatic heterocycles. The highest BCUT2D eigenvalue weighted by Crippen LogP contribution is 2.28. The molecule has 0 spiro atoms. The van der Waals surface area contributed by atoms with E-state index in [0.29, 0.717) is 47.6 Å². The number of hydrogen-bond acceptors (Lipinski definition) is 6. The van der Waals surface area contributed by atoms with Gasteiger partial charge in [-0.15, -0.1) is 0 Å². The van der Waals surface area contributed by atoms with E-state index in [2.05, 4.69) is 31.5 Å². The Hall–Kier alpha value is -2.49. The summed E-state index contributed by atoms with van der Waals surface area (Å²) < 4.78 is 10.9. The lowest BCUT2D eigenvalue weighted by Crippen LogP contribution is -2.38. The molecule has 1 heterocycles. The van der Waals surface area contributed by atoms with Crippen molar-refractivity contribution in [2.45, 2.75) is 0 Å². The molecule has 1 saturated heterocycles. The zero-order chi connectivity index (χ0) is 20.8. The number of carbonyl (C=O) groups is 2. The second kappa shape index (κ2) is 9.82. The first kappa shape index (κ1) is 21.2. The van der Waals surface area contributed by atoms with Gasteiger partial charge in [0.1, 0.15) is 0 Å². The van der Waals surface area contributed by atoms with Gasteiger partial charge in [-0.1, -0.05) is 12.1 Å². The Bertz CT molecular complexity index is 932. The van der Waals surface area contributed by atoms with Gasteiger partial charge in [0.15, 0.2) is 5.11 Å². The van der Waals surface area contributed by atoms with E-state index >= 15 is 0 Å². The summed E-state index contributed by atoms with van der Waals surface area (Å²) in [5.74, 6) is -0.795. The average Bonchev–Trinajstić information content (AvgIpc) is 2.74. The smallest absolute Gasteiger partial charge is 0.337 e. The minimum Gasteiger partial charge on any atom is -0.465 e. The lowest BCUT2D eigenvalue weighted by Gasteiger charge is -2.31. The number of rotatable bonds is 4. The van der Waals surface area contributed by atoms with Crippen LogP contribution in [0.4, 0.5) is 11.4 Å². The highest BCUT2D eigenvalue weighted by atomic mass is 79.9. The lowest BCUT2D eigenvalue weighted by atomic mass is 10.1. The Labute approximate surface area is 182 Å². The fourth-order valence-electron chi connectivity index (χ4n) is 2.93. The van der Waals surface area contributed by atoms with Crippen LogP contribution < -0.4 is 15.5 Å². The highest BCUT2D eigenvalue weighted by Gasteiger charge is 2.19. The molecule has 2 N–H and O–H groups in total. The first-order valence-corrected chi connectivity index (χ1v) is 10.1.